The van der Waals surface area contributed by atoms with E-state index < -0.39 is 0 Å². The van der Waals surface area contributed by atoms with Gasteiger partial charge in [0.25, 0.3) is 0 Å². The predicted molar refractivity (Wildman–Crippen MR) is 108 cm³/mol. The highest BCUT2D eigenvalue weighted by molar-refractivity contribution is 5.85. The number of benzene rings is 1. The Labute approximate surface area is 163 Å². The molecule has 25 heavy (non-hydrogen) atoms. The summed E-state index contributed by atoms with van der Waals surface area (Å²) in [6.07, 6.45) is 4.73. The van der Waals surface area contributed by atoms with Gasteiger partial charge in [0.2, 0.25) is 5.91 Å². The van der Waals surface area contributed by atoms with Crippen molar-refractivity contribution >= 4 is 30.7 Å². The van der Waals surface area contributed by atoms with Gasteiger partial charge in [-0.3, -0.25) is 4.79 Å². The molecule has 1 amide bonds. The number of nitrogens with one attached hydrogen (secondary N) is 2. The van der Waals surface area contributed by atoms with Crippen LogP contribution < -0.4 is 10.6 Å². The fraction of sp³-hybridized carbons (Fsp3) is 0.632. The van der Waals surface area contributed by atoms with Crippen molar-refractivity contribution in [3.8, 4) is 0 Å². The first kappa shape index (κ1) is 22.2. The summed E-state index contributed by atoms with van der Waals surface area (Å²) in [5.41, 5.74) is 1.18. The van der Waals surface area contributed by atoms with Crippen LogP contribution in [0.4, 0.5) is 0 Å². The van der Waals surface area contributed by atoms with Gasteiger partial charge in [-0.2, -0.15) is 0 Å². The van der Waals surface area contributed by atoms with E-state index in [1.165, 1.54) is 24.8 Å². The molecular weight excluding hydrogens is 357 g/mol. The lowest BCUT2D eigenvalue weighted by Gasteiger charge is -2.37. The van der Waals surface area contributed by atoms with E-state index in [0.29, 0.717) is 5.92 Å². The minimum Gasteiger partial charge on any atom is -0.354 e. The van der Waals surface area contributed by atoms with Crippen LogP contribution in [0.15, 0.2) is 30.3 Å². The van der Waals surface area contributed by atoms with Crippen molar-refractivity contribution in [2.75, 3.05) is 33.2 Å². The molecule has 1 aromatic rings. The third-order valence-corrected chi connectivity index (χ3v) is 5.56. The molecule has 3 rings (SSSR count). The fourth-order valence-corrected chi connectivity index (χ4v) is 4.20. The topological polar surface area (TPSA) is 44.4 Å². The van der Waals surface area contributed by atoms with Crippen LogP contribution in [0.2, 0.25) is 0 Å². The number of rotatable bonds is 6. The molecule has 1 aliphatic carbocycles. The molecule has 0 bridgehead atoms. The van der Waals surface area contributed by atoms with Gasteiger partial charge in [-0.15, -0.1) is 24.8 Å². The quantitative estimate of drug-likeness (QED) is 0.788. The zero-order valence-electron chi connectivity index (χ0n) is 15.0. The Morgan fingerprint density at radius 1 is 1.28 bits per heavy atom. The van der Waals surface area contributed by atoms with Crippen molar-refractivity contribution in [2.45, 2.75) is 32.2 Å². The zero-order valence-corrected chi connectivity index (χ0v) is 16.6. The molecule has 0 spiro atoms. The molecule has 1 aromatic carbocycles. The Morgan fingerprint density at radius 2 is 2.04 bits per heavy atom. The Kier molecular flexibility index (Phi) is 9.22. The van der Waals surface area contributed by atoms with Gasteiger partial charge in [-0.25, -0.2) is 0 Å². The first-order valence-electron chi connectivity index (χ1n) is 8.92. The maximum atomic E-state index is 12.8. The molecule has 2 aliphatic rings. The molecule has 1 heterocycles. The van der Waals surface area contributed by atoms with E-state index in [9.17, 15) is 4.79 Å². The standard InChI is InChI=1S/C19H29N3O.2ClH/c1-22(14-16-7-3-2-4-8-16)12-11-21-18(23)19-10-6-5-9-17(19)13-20-15-19;;/h2-4,7-8,17,20H,5-6,9-15H2,1H3,(H,21,23);2*1H/t17-,19+;;/m0../s1. The lowest BCUT2D eigenvalue weighted by molar-refractivity contribution is -0.134. The number of likely N-dealkylation sites (N-methyl/N-ethyl adjacent to an activating group) is 1. The van der Waals surface area contributed by atoms with Gasteiger partial charge >= 0.3 is 0 Å². The smallest absolute Gasteiger partial charge is 0.227 e. The number of carbonyl (C=O) groups excluding carboxylic acids is 1. The molecule has 142 valence electrons. The maximum absolute atomic E-state index is 12.8. The van der Waals surface area contributed by atoms with E-state index >= 15 is 0 Å². The summed E-state index contributed by atoms with van der Waals surface area (Å²) < 4.78 is 0. The van der Waals surface area contributed by atoms with Gasteiger partial charge in [0.15, 0.2) is 0 Å². The van der Waals surface area contributed by atoms with Gasteiger partial charge < -0.3 is 15.5 Å². The summed E-state index contributed by atoms with van der Waals surface area (Å²) >= 11 is 0. The van der Waals surface area contributed by atoms with Gasteiger partial charge in [0.05, 0.1) is 5.41 Å². The average molecular weight is 388 g/mol. The second-order valence-corrected chi connectivity index (χ2v) is 7.21. The highest BCUT2D eigenvalue weighted by Crippen LogP contribution is 2.43. The van der Waals surface area contributed by atoms with Crippen LogP contribution in [0.3, 0.4) is 0 Å². The molecule has 2 fully saturated rings. The lowest BCUT2D eigenvalue weighted by atomic mass is 9.67. The molecule has 4 nitrogen and oxygen atoms in total. The monoisotopic (exact) mass is 387 g/mol. The second kappa shape index (κ2) is 10.4. The van der Waals surface area contributed by atoms with Crippen molar-refractivity contribution in [1.82, 2.24) is 15.5 Å². The van der Waals surface area contributed by atoms with Crippen LogP contribution in [0.25, 0.3) is 0 Å². The Bertz CT molecular complexity index is 529. The number of nitrogens with zero attached hydrogens (tertiary/aromatic N) is 1. The number of hydrogen-bond donors (Lipinski definition) is 2. The van der Waals surface area contributed by atoms with E-state index in [-0.39, 0.29) is 36.1 Å². The van der Waals surface area contributed by atoms with Crippen molar-refractivity contribution in [1.29, 1.82) is 0 Å². The number of halogens is 2. The first-order chi connectivity index (χ1) is 11.2. The molecule has 0 radical (unpaired) electrons. The highest BCUT2D eigenvalue weighted by Gasteiger charge is 2.49. The summed E-state index contributed by atoms with van der Waals surface area (Å²) in [7, 11) is 2.11. The minimum atomic E-state index is -0.129. The average Bonchev–Trinajstić information content (AvgIpc) is 3.01. The number of carbonyl (C=O) groups is 1. The predicted octanol–water partition coefficient (Wildman–Crippen LogP) is 2.86. The molecular formula is C19H31Cl2N3O. The van der Waals surface area contributed by atoms with E-state index in [4.69, 9.17) is 0 Å². The Hall–Kier alpha value is -0.810. The molecule has 6 heteroatoms. The van der Waals surface area contributed by atoms with Crippen LogP contribution in [0, 0.1) is 11.3 Å². The molecule has 0 unspecified atom stereocenters. The fourth-order valence-electron chi connectivity index (χ4n) is 4.20. The maximum Gasteiger partial charge on any atom is 0.227 e. The number of amides is 1. The molecule has 1 saturated carbocycles. The Morgan fingerprint density at radius 3 is 2.80 bits per heavy atom. The van der Waals surface area contributed by atoms with Crippen LogP contribution in [0.5, 0.6) is 0 Å². The van der Waals surface area contributed by atoms with Crippen LogP contribution in [-0.2, 0) is 11.3 Å². The third kappa shape index (κ3) is 5.33. The van der Waals surface area contributed by atoms with E-state index in [0.717, 1.165) is 39.1 Å². The largest absolute Gasteiger partial charge is 0.354 e. The molecule has 2 atom stereocenters. The number of hydrogen-bond acceptors (Lipinski definition) is 3. The van der Waals surface area contributed by atoms with Gasteiger partial charge in [0.1, 0.15) is 0 Å². The molecule has 1 aliphatic heterocycles. The van der Waals surface area contributed by atoms with Gasteiger partial charge in [-0.05, 0) is 37.9 Å². The minimum absolute atomic E-state index is 0. The van der Waals surface area contributed by atoms with Gasteiger partial charge in [0, 0.05) is 26.2 Å². The van der Waals surface area contributed by atoms with Crippen LogP contribution in [0.1, 0.15) is 31.2 Å². The molecule has 0 aromatic heterocycles. The summed E-state index contributed by atoms with van der Waals surface area (Å²) in [5.74, 6) is 0.818. The second-order valence-electron chi connectivity index (χ2n) is 7.21. The van der Waals surface area contributed by atoms with Crippen LogP contribution in [-0.4, -0.2) is 44.0 Å². The summed E-state index contributed by atoms with van der Waals surface area (Å²) in [5, 5.41) is 6.66. The summed E-state index contributed by atoms with van der Waals surface area (Å²) in [6.45, 7) is 4.42. The third-order valence-electron chi connectivity index (χ3n) is 5.56. The van der Waals surface area contributed by atoms with Crippen molar-refractivity contribution in [2.24, 2.45) is 11.3 Å². The number of fused-ring (bicyclic) bond motifs is 1. The van der Waals surface area contributed by atoms with Crippen molar-refractivity contribution in [3.05, 3.63) is 35.9 Å². The first-order valence-corrected chi connectivity index (χ1v) is 8.92. The zero-order chi connectivity index (χ0) is 16.1. The van der Waals surface area contributed by atoms with Crippen molar-refractivity contribution < 1.29 is 4.79 Å². The highest BCUT2D eigenvalue weighted by atomic mass is 35.5. The Balaban J connectivity index is 0.00000156. The molecule has 1 saturated heterocycles. The van der Waals surface area contributed by atoms with Crippen molar-refractivity contribution in [3.63, 3.8) is 0 Å². The van der Waals surface area contributed by atoms with E-state index in [1.807, 2.05) is 6.07 Å². The SMILES string of the molecule is CN(CCNC(=O)[C@@]12CCCC[C@H]1CNC2)Cc1ccccc1.Cl.Cl. The summed E-state index contributed by atoms with van der Waals surface area (Å²) in [6, 6.07) is 10.5. The van der Waals surface area contributed by atoms with Crippen LogP contribution >= 0.6 is 24.8 Å². The lowest BCUT2D eigenvalue weighted by Crippen LogP contribution is -2.49. The molecule has 2 N–H and O–H groups in total. The van der Waals surface area contributed by atoms with E-state index in [1.54, 1.807) is 0 Å². The van der Waals surface area contributed by atoms with E-state index in [2.05, 4.69) is 46.8 Å². The van der Waals surface area contributed by atoms with Gasteiger partial charge in [-0.1, -0.05) is 43.2 Å². The summed E-state index contributed by atoms with van der Waals surface area (Å²) in [4.78, 5) is 15.0. The normalized spacial score (nSPS) is 24.8.